The number of aromatic nitrogens is 4. The fraction of sp³-hybridized carbons (Fsp3) is 0.0588. The van der Waals surface area contributed by atoms with E-state index in [0.29, 0.717) is 10.2 Å². The Kier molecular flexibility index (Phi) is 3.09. The zero-order valence-electron chi connectivity index (χ0n) is 13.1. The number of nitrogens with one attached hydrogen (secondary N) is 1. The molecule has 1 aromatic carbocycles. The van der Waals surface area contributed by atoms with Gasteiger partial charge in [0.25, 0.3) is 5.56 Å². The molecule has 0 saturated heterocycles. The van der Waals surface area contributed by atoms with E-state index in [1.807, 2.05) is 31.3 Å². The van der Waals surface area contributed by atoms with Gasteiger partial charge in [-0.3, -0.25) is 9.36 Å². The van der Waals surface area contributed by atoms with E-state index in [1.54, 1.807) is 33.9 Å². The molecule has 0 spiro atoms. The summed E-state index contributed by atoms with van der Waals surface area (Å²) in [5.41, 5.74) is 5.05. The van der Waals surface area contributed by atoms with E-state index in [2.05, 4.69) is 20.3 Å². The molecular weight excluding hydrogens is 354 g/mol. The van der Waals surface area contributed by atoms with Crippen LogP contribution >= 0.6 is 22.7 Å². The molecule has 4 aromatic heterocycles. The van der Waals surface area contributed by atoms with Crippen LogP contribution in [0.2, 0.25) is 0 Å². The molecular formula is C17H11N5OS2. The molecule has 25 heavy (non-hydrogen) atoms. The van der Waals surface area contributed by atoms with Crippen molar-refractivity contribution in [2.45, 2.75) is 0 Å². The van der Waals surface area contributed by atoms with Crippen molar-refractivity contribution in [2.24, 2.45) is 0 Å². The standard InChI is InChI=1S/C17H11N5OS2/c1-18-11-4-5-19-16-13(11)14-15(25-16)17(23)22(7-20-14)9-2-3-10-12(6-9)24-8-21-10/h2-8H,1H3,(H,18,19). The Hall–Kier alpha value is -2.84. The first-order valence-electron chi connectivity index (χ1n) is 7.56. The zero-order chi connectivity index (χ0) is 17.0. The number of fused-ring (bicyclic) bond motifs is 4. The smallest absolute Gasteiger partial charge is 0.275 e. The summed E-state index contributed by atoms with van der Waals surface area (Å²) in [6.45, 7) is 0. The van der Waals surface area contributed by atoms with Crippen LogP contribution in [-0.4, -0.2) is 26.6 Å². The second kappa shape index (κ2) is 5.33. The van der Waals surface area contributed by atoms with Crippen LogP contribution in [-0.2, 0) is 0 Å². The third-order valence-electron chi connectivity index (χ3n) is 4.14. The van der Waals surface area contributed by atoms with Crippen LogP contribution < -0.4 is 10.9 Å². The summed E-state index contributed by atoms with van der Waals surface area (Å²) >= 11 is 2.93. The van der Waals surface area contributed by atoms with E-state index < -0.39 is 0 Å². The number of thiazole rings is 1. The minimum Gasteiger partial charge on any atom is -0.387 e. The normalized spacial score (nSPS) is 11.6. The van der Waals surface area contributed by atoms with Crippen LogP contribution in [0.15, 0.2) is 47.1 Å². The number of hydrogen-bond acceptors (Lipinski definition) is 7. The summed E-state index contributed by atoms with van der Waals surface area (Å²) in [6, 6.07) is 7.66. The molecule has 8 heteroatoms. The molecule has 0 unspecified atom stereocenters. The summed E-state index contributed by atoms with van der Waals surface area (Å²) in [5, 5.41) is 4.04. The third kappa shape index (κ3) is 2.08. The van der Waals surface area contributed by atoms with Crippen LogP contribution in [0.1, 0.15) is 0 Å². The molecule has 0 amide bonds. The number of pyridine rings is 1. The lowest BCUT2D eigenvalue weighted by Gasteiger charge is -2.05. The van der Waals surface area contributed by atoms with Crippen molar-refractivity contribution in [1.82, 2.24) is 19.5 Å². The third-order valence-corrected chi connectivity index (χ3v) is 6.01. The molecule has 6 nitrogen and oxygen atoms in total. The van der Waals surface area contributed by atoms with Crippen LogP contribution in [0.4, 0.5) is 5.69 Å². The largest absolute Gasteiger partial charge is 0.387 e. The molecule has 122 valence electrons. The second-order valence-corrected chi connectivity index (χ2v) is 7.38. The lowest BCUT2D eigenvalue weighted by atomic mass is 10.2. The van der Waals surface area contributed by atoms with Gasteiger partial charge in [0.2, 0.25) is 0 Å². The molecule has 0 radical (unpaired) electrons. The maximum Gasteiger partial charge on any atom is 0.275 e. The Bertz CT molecular complexity index is 1320. The van der Waals surface area contributed by atoms with Crippen LogP contribution in [0, 0.1) is 0 Å². The Balaban J connectivity index is 1.82. The number of benzene rings is 1. The van der Waals surface area contributed by atoms with Crippen molar-refractivity contribution in [2.75, 3.05) is 12.4 Å². The first kappa shape index (κ1) is 14.5. The quantitative estimate of drug-likeness (QED) is 0.517. The Morgan fingerprint density at radius 1 is 1.16 bits per heavy atom. The maximum atomic E-state index is 13.0. The molecule has 4 heterocycles. The molecule has 0 aliphatic heterocycles. The van der Waals surface area contributed by atoms with Crippen molar-refractivity contribution in [3.05, 3.63) is 52.7 Å². The van der Waals surface area contributed by atoms with Crippen molar-refractivity contribution in [1.29, 1.82) is 0 Å². The fourth-order valence-corrected chi connectivity index (χ4v) is 4.70. The molecule has 1 N–H and O–H groups in total. The van der Waals surface area contributed by atoms with E-state index in [1.165, 1.54) is 11.3 Å². The van der Waals surface area contributed by atoms with E-state index in [0.717, 1.165) is 31.8 Å². The highest BCUT2D eigenvalue weighted by Gasteiger charge is 2.15. The molecule has 0 aliphatic carbocycles. The topological polar surface area (TPSA) is 72.7 Å². The fourth-order valence-electron chi connectivity index (χ4n) is 2.94. The van der Waals surface area contributed by atoms with E-state index in [9.17, 15) is 4.79 Å². The number of nitrogens with zero attached hydrogens (tertiary/aromatic N) is 4. The van der Waals surface area contributed by atoms with Crippen molar-refractivity contribution in [3.8, 4) is 5.69 Å². The van der Waals surface area contributed by atoms with Gasteiger partial charge in [-0.2, -0.15) is 0 Å². The van der Waals surface area contributed by atoms with Gasteiger partial charge in [0.1, 0.15) is 15.9 Å². The molecule has 0 fully saturated rings. The second-order valence-electron chi connectivity index (χ2n) is 5.49. The first-order chi connectivity index (χ1) is 12.3. The number of rotatable bonds is 2. The predicted octanol–water partition coefficient (Wildman–Crippen LogP) is 3.65. The number of thiophene rings is 1. The van der Waals surface area contributed by atoms with Crippen molar-refractivity contribution in [3.63, 3.8) is 0 Å². The summed E-state index contributed by atoms with van der Waals surface area (Å²) in [4.78, 5) is 27.1. The van der Waals surface area contributed by atoms with Crippen LogP contribution in [0.3, 0.4) is 0 Å². The summed E-state index contributed by atoms with van der Waals surface area (Å²) in [6.07, 6.45) is 3.32. The molecule has 5 rings (SSSR count). The van der Waals surface area contributed by atoms with E-state index in [4.69, 9.17) is 0 Å². The molecule has 0 aliphatic rings. The van der Waals surface area contributed by atoms with Crippen molar-refractivity contribution >= 4 is 59.0 Å². The van der Waals surface area contributed by atoms with Crippen LogP contribution in [0.5, 0.6) is 0 Å². The SMILES string of the molecule is CNc1ccnc2sc3c(=O)n(-c4ccc5ncsc5c4)cnc3c12. The monoisotopic (exact) mass is 365 g/mol. The molecule has 0 bridgehead atoms. The highest BCUT2D eigenvalue weighted by atomic mass is 32.1. The Morgan fingerprint density at radius 2 is 2.08 bits per heavy atom. The zero-order valence-corrected chi connectivity index (χ0v) is 14.7. The summed E-state index contributed by atoms with van der Waals surface area (Å²) in [7, 11) is 1.85. The van der Waals surface area contributed by atoms with Gasteiger partial charge in [0.05, 0.1) is 32.3 Å². The predicted molar refractivity (Wildman–Crippen MR) is 103 cm³/mol. The number of anilines is 1. The highest BCUT2D eigenvalue weighted by Crippen LogP contribution is 2.34. The lowest BCUT2D eigenvalue weighted by Crippen LogP contribution is -2.17. The average molecular weight is 365 g/mol. The summed E-state index contributed by atoms with van der Waals surface area (Å²) < 4.78 is 3.23. The minimum absolute atomic E-state index is 0.0843. The van der Waals surface area contributed by atoms with E-state index in [-0.39, 0.29) is 5.56 Å². The molecule has 0 atom stereocenters. The van der Waals surface area contributed by atoms with Gasteiger partial charge >= 0.3 is 0 Å². The van der Waals surface area contributed by atoms with Gasteiger partial charge in [0, 0.05) is 18.9 Å². The minimum atomic E-state index is -0.0843. The number of hydrogen-bond donors (Lipinski definition) is 1. The average Bonchev–Trinajstić information content (AvgIpc) is 3.25. The Labute approximate surface area is 149 Å². The van der Waals surface area contributed by atoms with Gasteiger partial charge < -0.3 is 5.32 Å². The maximum absolute atomic E-state index is 13.0. The van der Waals surface area contributed by atoms with Gasteiger partial charge in [-0.25, -0.2) is 15.0 Å². The first-order valence-corrected chi connectivity index (χ1v) is 9.26. The van der Waals surface area contributed by atoms with Gasteiger partial charge in [-0.1, -0.05) is 0 Å². The summed E-state index contributed by atoms with van der Waals surface area (Å²) in [5.74, 6) is 0. The lowest BCUT2D eigenvalue weighted by molar-refractivity contribution is 0.970. The highest BCUT2D eigenvalue weighted by molar-refractivity contribution is 7.25. The van der Waals surface area contributed by atoms with Crippen molar-refractivity contribution < 1.29 is 0 Å². The van der Waals surface area contributed by atoms with E-state index >= 15 is 0 Å². The molecule has 5 aromatic rings. The molecule has 0 saturated carbocycles. The van der Waals surface area contributed by atoms with Gasteiger partial charge in [0.15, 0.2) is 0 Å². The van der Waals surface area contributed by atoms with Gasteiger partial charge in [-0.15, -0.1) is 22.7 Å². The van der Waals surface area contributed by atoms with Gasteiger partial charge in [-0.05, 0) is 24.3 Å². The Morgan fingerprint density at radius 3 is 2.96 bits per heavy atom. The van der Waals surface area contributed by atoms with Crippen LogP contribution in [0.25, 0.3) is 36.3 Å².